The number of nitrogens with one attached hydrogen (secondary N) is 1. The maximum absolute atomic E-state index is 13.5. The Morgan fingerprint density at radius 1 is 1.47 bits per heavy atom. The number of halogens is 1. The number of carboxylic acids is 1. The van der Waals surface area contributed by atoms with E-state index in [-0.39, 0.29) is 23.6 Å². The molecule has 0 aliphatic rings. The summed E-state index contributed by atoms with van der Waals surface area (Å²) in [5, 5.41) is 10.9. The van der Waals surface area contributed by atoms with Crippen molar-refractivity contribution in [2.75, 3.05) is 25.2 Å². The fraction of sp³-hybridized carbons (Fsp3) is 0.333. The van der Waals surface area contributed by atoms with E-state index in [1.165, 1.54) is 37.1 Å². The minimum atomic E-state index is -0.910. The second-order valence-electron chi connectivity index (χ2n) is 3.52. The number of thioether (sulfide) groups is 1. The molecule has 19 heavy (non-hydrogen) atoms. The SMILES string of the molecule is COc1cccc(F)c1C(=O)NCCSCC(=O)O. The highest BCUT2D eigenvalue weighted by Gasteiger charge is 2.16. The molecule has 0 saturated heterocycles. The second kappa shape index (κ2) is 7.63. The zero-order valence-electron chi connectivity index (χ0n) is 10.3. The molecule has 0 aromatic heterocycles. The lowest BCUT2D eigenvalue weighted by Crippen LogP contribution is -2.27. The van der Waals surface area contributed by atoms with Gasteiger partial charge in [-0.05, 0) is 12.1 Å². The molecular formula is C12H14FNO4S. The van der Waals surface area contributed by atoms with E-state index in [9.17, 15) is 14.0 Å². The molecule has 1 rings (SSSR count). The van der Waals surface area contributed by atoms with Gasteiger partial charge in [-0.3, -0.25) is 9.59 Å². The highest BCUT2D eigenvalue weighted by Crippen LogP contribution is 2.20. The number of carbonyl (C=O) groups excluding carboxylic acids is 1. The van der Waals surface area contributed by atoms with Gasteiger partial charge in [0.2, 0.25) is 0 Å². The Morgan fingerprint density at radius 2 is 2.21 bits per heavy atom. The van der Waals surface area contributed by atoms with Crippen molar-refractivity contribution in [2.24, 2.45) is 0 Å². The van der Waals surface area contributed by atoms with E-state index in [4.69, 9.17) is 9.84 Å². The lowest BCUT2D eigenvalue weighted by molar-refractivity contribution is -0.133. The first-order valence-corrected chi connectivity index (χ1v) is 6.62. The van der Waals surface area contributed by atoms with E-state index in [0.717, 1.165) is 0 Å². The zero-order valence-corrected chi connectivity index (χ0v) is 11.1. The van der Waals surface area contributed by atoms with Crippen molar-refractivity contribution >= 4 is 23.6 Å². The van der Waals surface area contributed by atoms with Gasteiger partial charge >= 0.3 is 5.97 Å². The molecular weight excluding hydrogens is 273 g/mol. The molecule has 5 nitrogen and oxygen atoms in total. The number of rotatable bonds is 7. The Bertz CT molecular complexity index is 467. The number of aliphatic carboxylic acids is 1. The summed E-state index contributed by atoms with van der Waals surface area (Å²) in [6, 6.07) is 4.13. The van der Waals surface area contributed by atoms with Gasteiger partial charge in [-0.2, -0.15) is 0 Å². The van der Waals surface area contributed by atoms with Crippen LogP contribution in [0.25, 0.3) is 0 Å². The second-order valence-corrected chi connectivity index (χ2v) is 4.62. The third-order valence-electron chi connectivity index (χ3n) is 2.18. The van der Waals surface area contributed by atoms with E-state index >= 15 is 0 Å². The first-order valence-electron chi connectivity index (χ1n) is 5.46. The van der Waals surface area contributed by atoms with Crippen LogP contribution in [0, 0.1) is 5.82 Å². The molecule has 0 bridgehead atoms. The molecule has 104 valence electrons. The Kier molecular flexibility index (Phi) is 6.14. The number of carboxylic acid groups (broad SMARTS) is 1. The van der Waals surface area contributed by atoms with Gasteiger partial charge in [0, 0.05) is 12.3 Å². The fourth-order valence-corrected chi connectivity index (χ4v) is 1.94. The summed E-state index contributed by atoms with van der Waals surface area (Å²) in [6.07, 6.45) is 0. The van der Waals surface area contributed by atoms with Crippen LogP contribution in [-0.4, -0.2) is 42.1 Å². The molecule has 0 aliphatic heterocycles. The van der Waals surface area contributed by atoms with Crippen LogP contribution < -0.4 is 10.1 Å². The highest BCUT2D eigenvalue weighted by molar-refractivity contribution is 7.99. The van der Waals surface area contributed by atoms with Gasteiger partial charge in [0.1, 0.15) is 17.1 Å². The summed E-state index contributed by atoms with van der Waals surface area (Å²) in [5.41, 5.74) is -0.145. The van der Waals surface area contributed by atoms with Crippen LogP contribution in [0.4, 0.5) is 4.39 Å². The van der Waals surface area contributed by atoms with Crippen molar-refractivity contribution in [1.82, 2.24) is 5.32 Å². The molecule has 0 fully saturated rings. The predicted octanol–water partition coefficient (Wildman–Crippen LogP) is 1.38. The Hall–Kier alpha value is -1.76. The number of methoxy groups -OCH3 is 1. The maximum atomic E-state index is 13.5. The van der Waals surface area contributed by atoms with E-state index in [1.54, 1.807) is 0 Å². The fourth-order valence-electron chi connectivity index (χ4n) is 1.38. The Morgan fingerprint density at radius 3 is 2.84 bits per heavy atom. The molecule has 7 heteroatoms. The highest BCUT2D eigenvalue weighted by atomic mass is 32.2. The summed E-state index contributed by atoms with van der Waals surface area (Å²) in [6.45, 7) is 0.258. The number of carbonyl (C=O) groups is 2. The largest absolute Gasteiger partial charge is 0.496 e. The lowest BCUT2D eigenvalue weighted by Gasteiger charge is -2.09. The summed E-state index contributed by atoms with van der Waals surface area (Å²) < 4.78 is 18.5. The summed E-state index contributed by atoms with van der Waals surface area (Å²) in [7, 11) is 1.36. The molecule has 2 N–H and O–H groups in total. The van der Waals surface area contributed by atoms with Crippen molar-refractivity contribution in [2.45, 2.75) is 0 Å². The van der Waals surface area contributed by atoms with Gasteiger partial charge in [0.15, 0.2) is 0 Å². The third kappa shape index (κ3) is 4.78. The maximum Gasteiger partial charge on any atom is 0.313 e. The van der Waals surface area contributed by atoms with Gasteiger partial charge in [-0.15, -0.1) is 11.8 Å². The van der Waals surface area contributed by atoms with Gasteiger partial charge in [-0.1, -0.05) is 6.07 Å². The molecule has 1 aromatic rings. The molecule has 0 radical (unpaired) electrons. The average Bonchev–Trinajstić information content (AvgIpc) is 2.37. The molecule has 1 aromatic carbocycles. The van der Waals surface area contributed by atoms with Gasteiger partial charge in [0.05, 0.1) is 12.9 Å². The molecule has 0 heterocycles. The minimum Gasteiger partial charge on any atom is -0.496 e. The summed E-state index contributed by atoms with van der Waals surface area (Å²) >= 11 is 1.17. The molecule has 0 aliphatic carbocycles. The molecule has 0 spiro atoms. The van der Waals surface area contributed by atoms with E-state index in [2.05, 4.69) is 5.32 Å². The Labute approximate surface area is 114 Å². The van der Waals surface area contributed by atoms with Crippen LogP contribution in [0.2, 0.25) is 0 Å². The standard InChI is InChI=1S/C12H14FNO4S/c1-18-9-4-2-3-8(13)11(9)12(17)14-5-6-19-7-10(15)16/h2-4H,5-7H2,1H3,(H,14,17)(H,15,16). The monoisotopic (exact) mass is 287 g/mol. The van der Waals surface area contributed by atoms with Crippen molar-refractivity contribution in [3.05, 3.63) is 29.6 Å². The van der Waals surface area contributed by atoms with Crippen molar-refractivity contribution < 1.29 is 23.8 Å². The minimum absolute atomic E-state index is 0.0289. The normalized spacial score (nSPS) is 10.0. The smallest absolute Gasteiger partial charge is 0.313 e. The molecule has 1 amide bonds. The lowest BCUT2D eigenvalue weighted by atomic mass is 10.1. The molecule has 0 unspecified atom stereocenters. The summed E-state index contributed by atoms with van der Waals surface area (Å²) in [5.74, 6) is -1.57. The summed E-state index contributed by atoms with van der Waals surface area (Å²) in [4.78, 5) is 22.1. The number of ether oxygens (including phenoxy) is 1. The topological polar surface area (TPSA) is 75.6 Å². The van der Waals surface area contributed by atoms with Crippen molar-refractivity contribution in [3.63, 3.8) is 0 Å². The first-order chi connectivity index (χ1) is 9.06. The van der Waals surface area contributed by atoms with Gasteiger partial charge in [0.25, 0.3) is 5.91 Å². The number of benzene rings is 1. The number of hydrogen-bond donors (Lipinski definition) is 2. The van der Waals surface area contributed by atoms with Crippen LogP contribution in [0.1, 0.15) is 10.4 Å². The quantitative estimate of drug-likeness (QED) is 0.741. The van der Waals surface area contributed by atoms with E-state index in [0.29, 0.717) is 5.75 Å². The number of amides is 1. The van der Waals surface area contributed by atoms with Crippen LogP contribution in [0.3, 0.4) is 0 Å². The zero-order chi connectivity index (χ0) is 14.3. The van der Waals surface area contributed by atoms with Crippen molar-refractivity contribution in [3.8, 4) is 5.75 Å². The van der Waals surface area contributed by atoms with Gasteiger partial charge in [-0.25, -0.2) is 4.39 Å². The molecule has 0 atom stereocenters. The van der Waals surface area contributed by atoms with E-state index in [1.807, 2.05) is 0 Å². The van der Waals surface area contributed by atoms with E-state index < -0.39 is 17.7 Å². The third-order valence-corrected chi connectivity index (χ3v) is 3.12. The first kappa shape index (κ1) is 15.3. The average molecular weight is 287 g/mol. The van der Waals surface area contributed by atoms with Crippen molar-refractivity contribution in [1.29, 1.82) is 0 Å². The number of hydrogen-bond acceptors (Lipinski definition) is 4. The van der Waals surface area contributed by atoms with Crippen LogP contribution in [0.5, 0.6) is 5.75 Å². The Balaban J connectivity index is 2.52. The van der Waals surface area contributed by atoms with Crippen LogP contribution >= 0.6 is 11.8 Å². The van der Waals surface area contributed by atoms with Crippen LogP contribution in [-0.2, 0) is 4.79 Å². The van der Waals surface area contributed by atoms with Crippen LogP contribution in [0.15, 0.2) is 18.2 Å². The molecule has 0 saturated carbocycles. The predicted molar refractivity (Wildman–Crippen MR) is 70.2 cm³/mol. The van der Waals surface area contributed by atoms with Gasteiger partial charge < -0.3 is 15.2 Å².